The third-order valence-corrected chi connectivity index (χ3v) is 12.1. The predicted molar refractivity (Wildman–Crippen MR) is 266 cm³/mol. The van der Waals surface area contributed by atoms with Crippen LogP contribution in [0, 0.1) is 11.8 Å². The lowest BCUT2D eigenvalue weighted by Gasteiger charge is -2.40. The van der Waals surface area contributed by atoms with Gasteiger partial charge in [-0.2, -0.15) is 8.42 Å². The molecule has 0 aliphatic rings. The lowest BCUT2D eigenvalue weighted by atomic mass is 9.76. The second-order valence-corrected chi connectivity index (χ2v) is 20.1. The first kappa shape index (κ1) is 57.3. The topological polar surface area (TPSA) is 209 Å². The molecule has 5 rings (SSSR count). The van der Waals surface area contributed by atoms with Gasteiger partial charge in [0, 0.05) is 0 Å². The molecule has 0 heterocycles. The van der Waals surface area contributed by atoms with Crippen molar-refractivity contribution in [3.05, 3.63) is 150 Å². The van der Waals surface area contributed by atoms with Gasteiger partial charge in [0.1, 0.15) is 23.3 Å². The fourth-order valence-electron chi connectivity index (χ4n) is 7.63. The highest BCUT2D eigenvalue weighted by Crippen LogP contribution is 2.38. The number of benzene rings is 5. The van der Waals surface area contributed by atoms with Crippen LogP contribution in [-0.4, -0.2) is 79.1 Å². The summed E-state index contributed by atoms with van der Waals surface area (Å²) in [6.07, 6.45) is 0.480. The zero-order valence-corrected chi connectivity index (χ0v) is 40.4. The molecule has 0 aromatic heterocycles. The van der Waals surface area contributed by atoms with Crippen molar-refractivity contribution in [3.8, 4) is 0 Å². The number of aliphatic carboxylic acids is 2. The van der Waals surface area contributed by atoms with Crippen LogP contribution < -0.4 is 11.1 Å². The van der Waals surface area contributed by atoms with E-state index in [0.717, 1.165) is 27.5 Å². The number of carboxylic acids is 2. The lowest BCUT2D eigenvalue weighted by molar-refractivity contribution is -0.163. The van der Waals surface area contributed by atoms with Crippen molar-refractivity contribution >= 4 is 44.8 Å². The number of hydrogen-bond donors (Lipinski definition) is 4. The van der Waals surface area contributed by atoms with Crippen LogP contribution >= 0.6 is 0 Å². The van der Waals surface area contributed by atoms with Gasteiger partial charge >= 0.3 is 23.9 Å². The third-order valence-electron chi connectivity index (χ3n) is 10.8. The van der Waals surface area contributed by atoms with Crippen LogP contribution in [0.3, 0.4) is 0 Å². The minimum atomic E-state index is -4.07. The maximum absolute atomic E-state index is 14.3. The molecular formula is C54H69FN2O11S. The van der Waals surface area contributed by atoms with E-state index in [4.69, 9.17) is 29.6 Å². The molecule has 0 saturated carbocycles. The van der Waals surface area contributed by atoms with Gasteiger partial charge in [-0.3, -0.25) is 33.1 Å². The van der Waals surface area contributed by atoms with Gasteiger partial charge in [-0.05, 0) is 120 Å². The number of carbonyl (C=O) groups is 4. The monoisotopic (exact) mass is 971 g/mol. The van der Waals surface area contributed by atoms with Crippen LogP contribution in [0.25, 0.3) is 10.8 Å². The van der Waals surface area contributed by atoms with Crippen molar-refractivity contribution in [2.24, 2.45) is 17.6 Å². The summed E-state index contributed by atoms with van der Waals surface area (Å²) in [5.74, 6) is -5.09. The molecule has 69 heavy (non-hydrogen) atoms. The Morgan fingerprint density at radius 2 is 1.09 bits per heavy atom. The van der Waals surface area contributed by atoms with Gasteiger partial charge in [0.05, 0.1) is 35.6 Å². The van der Waals surface area contributed by atoms with Crippen molar-refractivity contribution in [3.63, 3.8) is 0 Å². The lowest BCUT2D eigenvalue weighted by Crippen LogP contribution is -2.54. The Morgan fingerprint density at radius 1 is 0.623 bits per heavy atom. The van der Waals surface area contributed by atoms with Gasteiger partial charge in [-0.25, -0.2) is 0 Å². The molecule has 0 fully saturated rings. The Hall–Kier alpha value is -6.00. The molecule has 5 aromatic rings. The van der Waals surface area contributed by atoms with Gasteiger partial charge in [-0.1, -0.05) is 129 Å². The molecule has 13 nitrogen and oxygen atoms in total. The molecular weight excluding hydrogens is 903 g/mol. The number of nitrogens with one attached hydrogen (secondary N) is 1. The van der Waals surface area contributed by atoms with Crippen LogP contribution in [0.1, 0.15) is 104 Å². The number of carbonyl (C=O) groups excluding carboxylic acids is 2. The van der Waals surface area contributed by atoms with E-state index in [1.54, 1.807) is 53.7 Å². The summed E-state index contributed by atoms with van der Waals surface area (Å²) in [5.41, 5.74) is 5.16. The summed E-state index contributed by atoms with van der Waals surface area (Å²) in [7, 11) is -4.07. The van der Waals surface area contributed by atoms with Crippen molar-refractivity contribution in [1.29, 1.82) is 0 Å². The maximum atomic E-state index is 14.3. The SMILES string of the molecule is C.CC(C)(C)OC(=O)[C@H](CCCOS(=O)(=O)c1ccc2ccccc2c1)C[C@H](NC(c1ccccc1)(c1ccccc1)c1ccccc1)C(=O)OC(C)(C)C.N[C@@H](C[C@@H](CCC[18F])C(=O)O)C(=O)O. The van der Waals surface area contributed by atoms with Crippen molar-refractivity contribution in [1.82, 2.24) is 5.32 Å². The number of rotatable bonds is 22. The quantitative estimate of drug-likeness (QED) is 0.0221. The van der Waals surface area contributed by atoms with Crippen molar-refractivity contribution in [2.75, 3.05) is 13.3 Å². The van der Waals surface area contributed by atoms with Crippen molar-refractivity contribution < 1.29 is 55.9 Å². The highest BCUT2D eigenvalue weighted by atomic mass is 32.2. The normalized spacial score (nSPS) is 13.6. The van der Waals surface area contributed by atoms with E-state index in [1.807, 2.05) is 115 Å². The fourth-order valence-corrected chi connectivity index (χ4v) is 8.61. The van der Waals surface area contributed by atoms with E-state index in [2.05, 4.69) is 5.32 Å². The first-order valence-corrected chi connectivity index (χ1v) is 24.0. The van der Waals surface area contributed by atoms with E-state index in [0.29, 0.717) is 0 Å². The Kier molecular flexibility index (Phi) is 21.7. The molecule has 374 valence electrons. The number of ether oxygens (including phenoxy) is 2. The smallest absolute Gasteiger partial charge is 0.323 e. The van der Waals surface area contributed by atoms with Gasteiger partial charge in [0.2, 0.25) is 0 Å². The second kappa shape index (κ2) is 26.1. The van der Waals surface area contributed by atoms with Gasteiger partial charge in [0.15, 0.2) is 0 Å². The zero-order valence-electron chi connectivity index (χ0n) is 39.6. The highest BCUT2D eigenvalue weighted by molar-refractivity contribution is 7.86. The maximum Gasteiger partial charge on any atom is 0.323 e. The van der Waals surface area contributed by atoms with E-state index < -0.39 is 81.3 Å². The number of nitrogens with two attached hydrogens (primary N) is 1. The first-order chi connectivity index (χ1) is 32.1. The standard InChI is InChI=1S/C45H51NO7S.C8H14FNO4.CH4/c1-43(2,3)52-41(47)35(21-18-30-51-54(49,50)39-29-28-33-19-16-17-20-34(33)31-39)32-40(42(48)53-44(4,5)6)46-45(36-22-10-7-11-23-36,37-24-12-8-13-25-37)38-26-14-9-15-27-38;9-3-1-2-5(7(11)12)4-6(10)8(13)14;/h7-17,19-20,22-29,31,35,40,46H,18,21,30,32H2,1-6H3;5-6H,1-4,10H2,(H,11,12)(H,13,14);1H4/t35-,40+;5-,6+;/m11./s1/i;9-1;. The van der Waals surface area contributed by atoms with Crippen LogP contribution in [0.2, 0.25) is 0 Å². The third kappa shape index (κ3) is 17.5. The Labute approximate surface area is 406 Å². The molecule has 0 radical (unpaired) electrons. The van der Waals surface area contributed by atoms with Crippen molar-refractivity contribution in [2.45, 2.75) is 121 Å². The average molecular weight is 972 g/mol. The summed E-state index contributed by atoms with van der Waals surface area (Å²) < 4.78 is 55.6. The largest absolute Gasteiger partial charge is 0.481 e. The highest BCUT2D eigenvalue weighted by Gasteiger charge is 2.43. The molecule has 0 unspecified atom stereocenters. The van der Waals surface area contributed by atoms with Gasteiger partial charge in [0.25, 0.3) is 10.1 Å². The second-order valence-electron chi connectivity index (χ2n) is 18.5. The average Bonchev–Trinajstić information content (AvgIpc) is 3.29. The molecule has 0 aliphatic carbocycles. The summed E-state index contributed by atoms with van der Waals surface area (Å²) >= 11 is 0. The number of halogens is 1. The van der Waals surface area contributed by atoms with E-state index >= 15 is 0 Å². The van der Waals surface area contributed by atoms with Crippen LogP contribution in [-0.2, 0) is 48.5 Å². The molecule has 0 bridgehead atoms. The number of carboxylic acid groups (broad SMARTS) is 2. The summed E-state index contributed by atoms with van der Waals surface area (Å²) in [5, 5.41) is 22.5. The van der Waals surface area contributed by atoms with Crippen LogP contribution in [0.4, 0.5) is 4.39 Å². The number of esters is 2. The summed E-state index contributed by atoms with van der Waals surface area (Å²) in [6, 6.07) is 39.8. The zero-order chi connectivity index (χ0) is 50.1. The summed E-state index contributed by atoms with van der Waals surface area (Å²) in [6.45, 7) is 10.0. The van der Waals surface area contributed by atoms with E-state index in [1.165, 1.54) is 6.07 Å². The molecule has 0 amide bonds. The van der Waals surface area contributed by atoms with Crippen LogP contribution in [0.15, 0.2) is 138 Å². The van der Waals surface area contributed by atoms with Gasteiger partial charge < -0.3 is 25.4 Å². The molecule has 5 aromatic carbocycles. The Morgan fingerprint density at radius 3 is 1.55 bits per heavy atom. The fraction of sp³-hybridized carbons (Fsp3) is 0.407. The van der Waals surface area contributed by atoms with Crippen LogP contribution in [0.5, 0.6) is 0 Å². The molecule has 4 atom stereocenters. The Balaban J connectivity index is 0.000000728. The molecule has 5 N–H and O–H groups in total. The Bertz CT molecular complexity index is 2420. The van der Waals surface area contributed by atoms with E-state index in [-0.39, 0.29) is 57.5 Å². The first-order valence-electron chi connectivity index (χ1n) is 22.6. The predicted octanol–water partition coefficient (Wildman–Crippen LogP) is 9.84. The van der Waals surface area contributed by atoms with E-state index in [9.17, 15) is 32.0 Å². The molecule has 0 saturated heterocycles. The minimum Gasteiger partial charge on any atom is -0.481 e. The van der Waals surface area contributed by atoms with Gasteiger partial charge in [-0.15, -0.1) is 0 Å². The molecule has 0 spiro atoms. The molecule has 0 aliphatic heterocycles. The number of fused-ring (bicyclic) bond motifs is 1. The molecule has 15 heteroatoms. The summed E-state index contributed by atoms with van der Waals surface area (Å²) in [4.78, 5) is 49.3. The number of hydrogen-bond acceptors (Lipinski definition) is 11. The number of alkyl halides is 1. The minimum absolute atomic E-state index is 0.